The number of halogens is 3. The lowest BCUT2D eigenvalue weighted by molar-refractivity contribution is -0.126. The molecule has 0 fully saturated rings. The smallest absolute Gasteiger partial charge is 0.257 e. The molecule has 2 rings (SSSR count). The second-order valence-corrected chi connectivity index (χ2v) is 7.93. The van der Waals surface area contributed by atoms with Crippen LogP contribution in [-0.4, -0.2) is 30.3 Å². The van der Waals surface area contributed by atoms with E-state index in [1.54, 1.807) is 26.0 Å². The average molecular weight is 482 g/mol. The van der Waals surface area contributed by atoms with E-state index in [0.717, 1.165) is 28.2 Å². The molecule has 2 aromatic rings. The van der Waals surface area contributed by atoms with Crippen LogP contribution in [0.2, 0.25) is 0 Å². The molecule has 1 atom stereocenters. The van der Waals surface area contributed by atoms with Gasteiger partial charge < -0.3 is 16.0 Å². The van der Waals surface area contributed by atoms with Crippen molar-refractivity contribution >= 4 is 39.3 Å². The minimum absolute atomic E-state index is 0.332. The number of nitrogens with one attached hydrogen (secondary N) is 3. The van der Waals surface area contributed by atoms with Crippen molar-refractivity contribution in [1.82, 2.24) is 10.6 Å². The number of rotatable bonds is 7. The van der Waals surface area contributed by atoms with Crippen LogP contribution in [0.3, 0.4) is 0 Å². The van der Waals surface area contributed by atoms with Crippen LogP contribution in [-0.2, 0) is 9.59 Å². The number of benzene rings is 2. The fraction of sp³-hybridized carbons (Fsp3) is 0.286. The number of hydrogen-bond donors (Lipinski definition) is 3. The van der Waals surface area contributed by atoms with E-state index in [2.05, 4.69) is 31.9 Å². The normalized spacial score (nSPS) is 11.7. The molecule has 2 aromatic carbocycles. The number of carbonyl (C=O) groups excluding carboxylic acids is 3. The molecule has 0 aliphatic carbocycles. The second-order valence-electron chi connectivity index (χ2n) is 7.02. The molecular weight excluding hydrogens is 460 g/mol. The lowest BCUT2D eigenvalue weighted by Gasteiger charge is -2.22. The molecule has 30 heavy (non-hydrogen) atoms. The van der Waals surface area contributed by atoms with E-state index in [9.17, 15) is 23.2 Å². The molecule has 0 aliphatic rings. The van der Waals surface area contributed by atoms with Crippen LogP contribution in [0.1, 0.15) is 29.8 Å². The zero-order chi connectivity index (χ0) is 22.4. The van der Waals surface area contributed by atoms with Gasteiger partial charge in [0.25, 0.3) is 5.91 Å². The molecule has 0 spiro atoms. The van der Waals surface area contributed by atoms with Crippen molar-refractivity contribution in [2.24, 2.45) is 5.92 Å². The average Bonchev–Trinajstić information content (AvgIpc) is 2.66. The van der Waals surface area contributed by atoms with Crippen molar-refractivity contribution in [3.63, 3.8) is 0 Å². The zero-order valence-corrected chi connectivity index (χ0v) is 18.3. The van der Waals surface area contributed by atoms with Gasteiger partial charge in [-0.15, -0.1) is 0 Å². The van der Waals surface area contributed by atoms with Crippen molar-refractivity contribution in [3.05, 3.63) is 63.6 Å². The molecule has 0 saturated carbocycles. The van der Waals surface area contributed by atoms with Crippen LogP contribution in [0, 0.1) is 24.5 Å². The number of aryl methyl sites for hydroxylation is 1. The van der Waals surface area contributed by atoms with Gasteiger partial charge in [0, 0.05) is 10.2 Å². The monoisotopic (exact) mass is 481 g/mol. The Bertz CT molecular complexity index is 946. The predicted molar refractivity (Wildman–Crippen MR) is 113 cm³/mol. The molecule has 0 radical (unpaired) electrons. The minimum Gasteiger partial charge on any atom is -0.345 e. The summed E-state index contributed by atoms with van der Waals surface area (Å²) >= 11 is 3.34. The second kappa shape index (κ2) is 10.3. The highest BCUT2D eigenvalue weighted by Crippen LogP contribution is 2.19. The lowest BCUT2D eigenvalue weighted by Crippen LogP contribution is -2.51. The zero-order valence-electron chi connectivity index (χ0n) is 16.7. The number of anilines is 1. The maximum absolute atomic E-state index is 13.8. The van der Waals surface area contributed by atoms with Crippen molar-refractivity contribution in [2.45, 2.75) is 26.8 Å². The number of carbonyl (C=O) groups is 3. The summed E-state index contributed by atoms with van der Waals surface area (Å²) in [5.74, 6) is -4.59. The Hall–Kier alpha value is -2.81. The van der Waals surface area contributed by atoms with Gasteiger partial charge in [-0.05, 0) is 48.7 Å². The quantitative estimate of drug-likeness (QED) is 0.565. The number of hydrogen-bond acceptors (Lipinski definition) is 3. The van der Waals surface area contributed by atoms with E-state index in [1.165, 1.54) is 0 Å². The largest absolute Gasteiger partial charge is 0.345 e. The van der Waals surface area contributed by atoms with Gasteiger partial charge >= 0.3 is 0 Å². The highest BCUT2D eigenvalue weighted by Gasteiger charge is 2.27. The molecule has 1 unspecified atom stereocenters. The van der Waals surface area contributed by atoms with E-state index < -0.39 is 41.0 Å². The first-order valence-electron chi connectivity index (χ1n) is 9.18. The summed E-state index contributed by atoms with van der Waals surface area (Å²) < 4.78 is 28.5. The third kappa shape index (κ3) is 6.09. The van der Waals surface area contributed by atoms with E-state index in [-0.39, 0.29) is 12.5 Å². The molecule has 0 saturated heterocycles. The molecule has 9 heteroatoms. The fourth-order valence-corrected chi connectivity index (χ4v) is 3.18. The van der Waals surface area contributed by atoms with Crippen molar-refractivity contribution < 1.29 is 23.2 Å². The topological polar surface area (TPSA) is 87.3 Å². The summed E-state index contributed by atoms with van der Waals surface area (Å²) in [5.41, 5.74) is 0.670. The van der Waals surface area contributed by atoms with Crippen molar-refractivity contribution in [3.8, 4) is 0 Å². The first-order chi connectivity index (χ1) is 14.1. The van der Waals surface area contributed by atoms with Crippen LogP contribution < -0.4 is 16.0 Å². The Balaban J connectivity index is 2.00. The van der Waals surface area contributed by atoms with Crippen LogP contribution in [0.5, 0.6) is 0 Å². The third-order valence-corrected chi connectivity index (χ3v) is 4.80. The highest BCUT2D eigenvalue weighted by molar-refractivity contribution is 9.10. The van der Waals surface area contributed by atoms with Gasteiger partial charge in [-0.1, -0.05) is 35.8 Å². The van der Waals surface area contributed by atoms with Gasteiger partial charge in [0.1, 0.15) is 23.2 Å². The molecular formula is C21H22BrF2N3O3. The van der Waals surface area contributed by atoms with Gasteiger partial charge in [0.2, 0.25) is 11.8 Å². The summed E-state index contributed by atoms with van der Waals surface area (Å²) in [7, 11) is 0. The predicted octanol–water partition coefficient (Wildman–Crippen LogP) is 3.55. The molecule has 160 valence electrons. The van der Waals surface area contributed by atoms with E-state index in [0.29, 0.717) is 5.69 Å². The molecule has 0 aromatic heterocycles. The number of amides is 3. The molecule has 0 aliphatic heterocycles. The Morgan fingerprint density at radius 2 is 1.70 bits per heavy atom. The first-order valence-corrected chi connectivity index (χ1v) is 9.98. The molecule has 3 N–H and O–H groups in total. The van der Waals surface area contributed by atoms with Crippen molar-refractivity contribution in [2.75, 3.05) is 11.9 Å². The van der Waals surface area contributed by atoms with Crippen LogP contribution in [0.15, 0.2) is 40.9 Å². The standard InChI is InChI=1S/C21H22BrF2N3O3/c1-11(2)19(27-20(29)18-14(23)5-4-6-15(18)24)21(30)25-10-17(28)26-16-8-7-13(22)9-12(16)3/h4-9,11,19H,10H2,1-3H3,(H,25,30)(H,26,28)(H,27,29). The summed E-state index contributed by atoms with van der Waals surface area (Å²) in [6.45, 7) is 4.81. The maximum atomic E-state index is 13.8. The highest BCUT2D eigenvalue weighted by atomic mass is 79.9. The first kappa shape index (κ1) is 23.5. The van der Waals surface area contributed by atoms with Crippen LogP contribution >= 0.6 is 15.9 Å². The molecule has 6 nitrogen and oxygen atoms in total. The SMILES string of the molecule is Cc1cc(Br)ccc1NC(=O)CNC(=O)C(NC(=O)c1c(F)cccc1F)C(C)C. The van der Waals surface area contributed by atoms with E-state index >= 15 is 0 Å². The van der Waals surface area contributed by atoms with Crippen molar-refractivity contribution in [1.29, 1.82) is 0 Å². The van der Waals surface area contributed by atoms with E-state index in [1.807, 2.05) is 13.0 Å². The Morgan fingerprint density at radius 3 is 2.27 bits per heavy atom. The van der Waals surface area contributed by atoms with Gasteiger partial charge in [-0.2, -0.15) is 0 Å². The third-order valence-electron chi connectivity index (χ3n) is 4.31. The van der Waals surface area contributed by atoms with Gasteiger partial charge in [-0.25, -0.2) is 8.78 Å². The van der Waals surface area contributed by atoms with Crippen LogP contribution in [0.4, 0.5) is 14.5 Å². The molecule has 3 amide bonds. The minimum atomic E-state index is -1.08. The summed E-state index contributed by atoms with van der Waals surface area (Å²) in [6.07, 6.45) is 0. The van der Waals surface area contributed by atoms with E-state index in [4.69, 9.17) is 0 Å². The lowest BCUT2D eigenvalue weighted by atomic mass is 10.0. The Kier molecular flexibility index (Phi) is 8.05. The Morgan fingerprint density at radius 1 is 1.07 bits per heavy atom. The van der Waals surface area contributed by atoms with Gasteiger partial charge in [-0.3, -0.25) is 14.4 Å². The fourth-order valence-electron chi connectivity index (χ4n) is 2.70. The van der Waals surface area contributed by atoms with Gasteiger partial charge in [0.15, 0.2) is 0 Å². The molecule has 0 bridgehead atoms. The summed E-state index contributed by atoms with van der Waals surface area (Å²) in [6, 6.07) is 7.29. The van der Waals surface area contributed by atoms with Gasteiger partial charge in [0.05, 0.1) is 6.54 Å². The summed E-state index contributed by atoms with van der Waals surface area (Å²) in [5, 5.41) is 7.46. The van der Waals surface area contributed by atoms with Crippen LogP contribution in [0.25, 0.3) is 0 Å². The summed E-state index contributed by atoms with van der Waals surface area (Å²) in [4.78, 5) is 36.9. The molecule has 0 heterocycles. The Labute approximate surface area is 181 Å². The maximum Gasteiger partial charge on any atom is 0.257 e.